The van der Waals surface area contributed by atoms with Gasteiger partial charge < -0.3 is 10.1 Å². The lowest BCUT2D eigenvalue weighted by Crippen LogP contribution is -2.22. The average molecular weight is 286 g/mol. The zero-order chi connectivity index (χ0) is 11.8. The first kappa shape index (κ1) is 13.0. The Morgan fingerprint density at radius 3 is 3.00 bits per heavy atom. The number of alkyl halides is 1. The fourth-order valence-electron chi connectivity index (χ4n) is 1.23. The van der Waals surface area contributed by atoms with Crippen LogP contribution >= 0.6 is 15.9 Å². The second kappa shape index (κ2) is 7.28. The summed E-state index contributed by atoms with van der Waals surface area (Å²) in [5, 5.41) is 3.67. The van der Waals surface area contributed by atoms with Gasteiger partial charge >= 0.3 is 0 Å². The molecule has 0 atom stereocenters. The summed E-state index contributed by atoms with van der Waals surface area (Å²) in [5.41, 5.74) is 0.637. The van der Waals surface area contributed by atoms with Gasteiger partial charge in [0.15, 0.2) is 0 Å². The maximum atomic E-state index is 11.6. The number of nitrogens with one attached hydrogen (secondary N) is 1. The van der Waals surface area contributed by atoms with E-state index in [0.29, 0.717) is 18.7 Å². The van der Waals surface area contributed by atoms with E-state index in [4.69, 9.17) is 4.74 Å². The minimum absolute atomic E-state index is 0.0616. The molecule has 0 bridgehead atoms. The largest absolute Gasteiger partial charge is 0.494 e. The molecule has 0 spiro atoms. The third-order valence-electron chi connectivity index (χ3n) is 1.98. The van der Waals surface area contributed by atoms with Crippen LogP contribution in [0.4, 0.5) is 0 Å². The highest BCUT2D eigenvalue weighted by atomic mass is 79.9. The number of amides is 1. The molecule has 0 aliphatic rings. The van der Waals surface area contributed by atoms with Crippen LogP contribution in [0, 0.1) is 0 Å². The summed E-state index contributed by atoms with van der Waals surface area (Å²) < 4.78 is 5.51. The molecule has 0 saturated carbocycles. The van der Waals surface area contributed by atoms with Gasteiger partial charge in [-0.1, -0.05) is 22.0 Å². The molecule has 0 aliphatic heterocycles. The van der Waals surface area contributed by atoms with Gasteiger partial charge in [-0.05, 0) is 31.5 Å². The smallest absolute Gasteiger partial charge is 0.251 e. The van der Waals surface area contributed by atoms with Crippen molar-refractivity contribution < 1.29 is 9.53 Å². The minimum Gasteiger partial charge on any atom is -0.494 e. The first-order valence-corrected chi connectivity index (χ1v) is 6.47. The fourth-order valence-corrected chi connectivity index (χ4v) is 1.46. The number of carbonyl (C=O) groups is 1. The second-order valence-electron chi connectivity index (χ2n) is 3.28. The third kappa shape index (κ3) is 4.23. The zero-order valence-corrected chi connectivity index (χ0v) is 10.9. The first-order chi connectivity index (χ1) is 7.77. The molecule has 0 unspecified atom stereocenters. The number of rotatable bonds is 6. The molecule has 16 heavy (non-hydrogen) atoms. The summed E-state index contributed by atoms with van der Waals surface area (Å²) in [4.78, 5) is 11.6. The van der Waals surface area contributed by atoms with Gasteiger partial charge in [-0.2, -0.15) is 0 Å². The Morgan fingerprint density at radius 2 is 2.31 bits per heavy atom. The molecule has 0 aliphatic carbocycles. The van der Waals surface area contributed by atoms with Crippen molar-refractivity contribution in [3.8, 4) is 5.75 Å². The van der Waals surface area contributed by atoms with Gasteiger partial charge in [-0.3, -0.25) is 4.79 Å². The molecule has 0 aromatic heterocycles. The molecule has 0 fully saturated rings. The molecule has 3 nitrogen and oxygen atoms in total. The van der Waals surface area contributed by atoms with E-state index in [-0.39, 0.29) is 5.91 Å². The van der Waals surface area contributed by atoms with E-state index in [2.05, 4.69) is 21.2 Å². The lowest BCUT2D eigenvalue weighted by Gasteiger charge is -2.07. The Hall–Kier alpha value is -1.03. The van der Waals surface area contributed by atoms with E-state index in [1.807, 2.05) is 19.1 Å². The van der Waals surface area contributed by atoms with Crippen LogP contribution in [0.15, 0.2) is 24.3 Å². The molecule has 1 N–H and O–H groups in total. The monoisotopic (exact) mass is 285 g/mol. The van der Waals surface area contributed by atoms with Crippen molar-refractivity contribution in [2.75, 3.05) is 18.5 Å². The first-order valence-electron chi connectivity index (χ1n) is 5.35. The summed E-state index contributed by atoms with van der Waals surface area (Å²) >= 11 is 3.34. The van der Waals surface area contributed by atoms with Gasteiger partial charge in [0.1, 0.15) is 5.75 Å². The standard InChI is InChI=1S/C12H16BrNO2/c1-2-14-12(15)10-5-3-6-11(9-10)16-8-4-7-13/h3,5-6,9H,2,4,7-8H2,1H3,(H,14,15). The molecule has 1 aromatic carbocycles. The van der Waals surface area contributed by atoms with Crippen LogP contribution in [0.1, 0.15) is 23.7 Å². The summed E-state index contributed by atoms with van der Waals surface area (Å²) in [7, 11) is 0. The normalized spacial score (nSPS) is 9.88. The highest BCUT2D eigenvalue weighted by Crippen LogP contribution is 2.13. The molecule has 0 radical (unpaired) electrons. The van der Waals surface area contributed by atoms with Crippen molar-refractivity contribution in [2.45, 2.75) is 13.3 Å². The van der Waals surface area contributed by atoms with Crippen LogP contribution in [-0.2, 0) is 0 Å². The molecule has 1 amide bonds. The lowest BCUT2D eigenvalue weighted by molar-refractivity contribution is 0.0955. The molecule has 0 saturated heterocycles. The molecular formula is C12H16BrNO2. The van der Waals surface area contributed by atoms with Crippen molar-refractivity contribution in [3.05, 3.63) is 29.8 Å². The SMILES string of the molecule is CCNC(=O)c1cccc(OCCCBr)c1. The van der Waals surface area contributed by atoms with Gasteiger partial charge in [-0.25, -0.2) is 0 Å². The second-order valence-corrected chi connectivity index (χ2v) is 4.07. The Labute approximate surface area is 104 Å². The Bertz CT molecular complexity index is 342. The molecule has 0 heterocycles. The topological polar surface area (TPSA) is 38.3 Å². The van der Waals surface area contributed by atoms with Crippen molar-refractivity contribution in [1.82, 2.24) is 5.32 Å². The Kier molecular flexibility index (Phi) is 5.93. The van der Waals surface area contributed by atoms with Gasteiger partial charge in [0.2, 0.25) is 0 Å². The zero-order valence-electron chi connectivity index (χ0n) is 9.33. The van der Waals surface area contributed by atoms with E-state index in [1.54, 1.807) is 12.1 Å². The quantitative estimate of drug-likeness (QED) is 0.645. The number of hydrogen-bond acceptors (Lipinski definition) is 2. The van der Waals surface area contributed by atoms with Crippen molar-refractivity contribution in [1.29, 1.82) is 0 Å². The van der Waals surface area contributed by atoms with Crippen molar-refractivity contribution >= 4 is 21.8 Å². The van der Waals surface area contributed by atoms with Crippen LogP contribution < -0.4 is 10.1 Å². The summed E-state index contributed by atoms with van der Waals surface area (Å²) in [6.07, 6.45) is 0.950. The van der Waals surface area contributed by atoms with Gasteiger partial charge in [-0.15, -0.1) is 0 Å². The number of halogens is 1. The van der Waals surface area contributed by atoms with Gasteiger partial charge in [0, 0.05) is 17.4 Å². The van der Waals surface area contributed by atoms with Crippen LogP contribution in [-0.4, -0.2) is 24.4 Å². The van der Waals surface area contributed by atoms with Crippen LogP contribution in [0.5, 0.6) is 5.75 Å². The average Bonchev–Trinajstić information content (AvgIpc) is 2.30. The van der Waals surface area contributed by atoms with E-state index in [9.17, 15) is 4.79 Å². The minimum atomic E-state index is -0.0616. The number of hydrogen-bond donors (Lipinski definition) is 1. The molecule has 1 aromatic rings. The fraction of sp³-hybridized carbons (Fsp3) is 0.417. The van der Waals surface area contributed by atoms with E-state index >= 15 is 0 Å². The number of carbonyl (C=O) groups excluding carboxylic acids is 1. The van der Waals surface area contributed by atoms with Crippen molar-refractivity contribution in [2.24, 2.45) is 0 Å². The van der Waals surface area contributed by atoms with E-state index in [1.165, 1.54) is 0 Å². The van der Waals surface area contributed by atoms with E-state index < -0.39 is 0 Å². The Morgan fingerprint density at radius 1 is 1.50 bits per heavy atom. The maximum Gasteiger partial charge on any atom is 0.251 e. The molecule has 4 heteroatoms. The van der Waals surface area contributed by atoms with Crippen LogP contribution in [0.25, 0.3) is 0 Å². The molecule has 88 valence electrons. The molecule has 1 rings (SSSR count). The number of ether oxygens (including phenoxy) is 1. The predicted octanol–water partition coefficient (Wildman–Crippen LogP) is 2.60. The van der Waals surface area contributed by atoms with E-state index in [0.717, 1.165) is 17.5 Å². The maximum absolute atomic E-state index is 11.6. The molecular weight excluding hydrogens is 270 g/mol. The van der Waals surface area contributed by atoms with Gasteiger partial charge in [0.25, 0.3) is 5.91 Å². The lowest BCUT2D eigenvalue weighted by atomic mass is 10.2. The van der Waals surface area contributed by atoms with Gasteiger partial charge in [0.05, 0.1) is 6.61 Å². The predicted molar refractivity (Wildman–Crippen MR) is 68.4 cm³/mol. The number of benzene rings is 1. The summed E-state index contributed by atoms with van der Waals surface area (Å²) in [5.74, 6) is 0.679. The third-order valence-corrected chi connectivity index (χ3v) is 2.54. The van der Waals surface area contributed by atoms with Crippen LogP contribution in [0.2, 0.25) is 0 Å². The summed E-state index contributed by atoms with van der Waals surface area (Å²) in [6, 6.07) is 7.23. The Balaban J connectivity index is 2.60. The van der Waals surface area contributed by atoms with Crippen molar-refractivity contribution in [3.63, 3.8) is 0 Å². The highest BCUT2D eigenvalue weighted by molar-refractivity contribution is 9.09. The van der Waals surface area contributed by atoms with Crippen LogP contribution in [0.3, 0.4) is 0 Å². The highest BCUT2D eigenvalue weighted by Gasteiger charge is 2.04. The summed E-state index contributed by atoms with van der Waals surface area (Å²) in [6.45, 7) is 3.19.